The van der Waals surface area contributed by atoms with Gasteiger partial charge in [-0.15, -0.1) is 5.10 Å². The molecule has 2 aromatic rings. The number of aromatic amines is 1. The fourth-order valence-corrected chi connectivity index (χ4v) is 1.02. The summed E-state index contributed by atoms with van der Waals surface area (Å²) in [6.07, 6.45) is 1.65. The van der Waals surface area contributed by atoms with Crippen molar-refractivity contribution >= 4 is 11.2 Å². The highest BCUT2D eigenvalue weighted by molar-refractivity contribution is 5.72. The Morgan fingerprint density at radius 1 is 1.58 bits per heavy atom. The molecule has 0 aliphatic rings. The van der Waals surface area contributed by atoms with Crippen LogP contribution in [0.2, 0.25) is 0 Å². The van der Waals surface area contributed by atoms with Crippen molar-refractivity contribution in [2.24, 2.45) is 5.90 Å². The molecule has 0 aliphatic carbocycles. The van der Waals surface area contributed by atoms with Crippen LogP contribution in [0.1, 0.15) is 5.56 Å². The molecule has 0 aliphatic heterocycles. The molecule has 0 amide bonds. The number of rotatable bonds is 2. The number of H-pyrrole nitrogens is 1. The Hall–Kier alpha value is -1.53. The van der Waals surface area contributed by atoms with E-state index in [1.807, 2.05) is 0 Å². The Morgan fingerprint density at radius 3 is 3.33 bits per heavy atom. The van der Waals surface area contributed by atoms with Crippen LogP contribution in [0.3, 0.4) is 0 Å². The summed E-state index contributed by atoms with van der Waals surface area (Å²) in [5.41, 5.74) is 2.21. The van der Waals surface area contributed by atoms with Crippen LogP contribution in [-0.4, -0.2) is 20.4 Å². The molecular formula is C6H7N5O. The molecule has 0 unspecified atom stereocenters. The number of hydrogen-bond donors (Lipinski definition) is 2. The maximum atomic E-state index is 4.94. The summed E-state index contributed by atoms with van der Waals surface area (Å²) >= 11 is 0. The second-order valence-corrected chi connectivity index (χ2v) is 2.29. The average molecular weight is 165 g/mol. The molecule has 0 radical (unpaired) electrons. The van der Waals surface area contributed by atoms with Crippen molar-refractivity contribution in [3.63, 3.8) is 0 Å². The predicted octanol–water partition coefficient (Wildman–Crippen LogP) is -0.257. The molecule has 0 saturated heterocycles. The fraction of sp³-hybridized carbons (Fsp3) is 0.167. The number of aromatic nitrogens is 4. The number of nitrogens with zero attached hydrogens (tertiary/aromatic N) is 3. The van der Waals surface area contributed by atoms with E-state index in [2.05, 4.69) is 25.2 Å². The SMILES string of the molecule is NOCc1ccnc2[nH]nnc12. The summed E-state index contributed by atoms with van der Waals surface area (Å²) in [7, 11) is 0. The quantitative estimate of drug-likeness (QED) is 0.598. The van der Waals surface area contributed by atoms with Gasteiger partial charge in [0.25, 0.3) is 0 Å². The maximum absolute atomic E-state index is 4.94. The highest BCUT2D eigenvalue weighted by Crippen LogP contribution is 2.10. The second kappa shape index (κ2) is 2.84. The van der Waals surface area contributed by atoms with E-state index in [1.54, 1.807) is 12.3 Å². The lowest BCUT2D eigenvalue weighted by Gasteiger charge is -1.96. The maximum Gasteiger partial charge on any atom is 0.176 e. The lowest BCUT2D eigenvalue weighted by Crippen LogP contribution is -1.99. The van der Waals surface area contributed by atoms with Crippen molar-refractivity contribution in [3.8, 4) is 0 Å². The molecule has 0 atom stereocenters. The molecule has 0 aromatic carbocycles. The van der Waals surface area contributed by atoms with E-state index in [0.717, 1.165) is 5.56 Å². The molecule has 62 valence electrons. The lowest BCUT2D eigenvalue weighted by molar-refractivity contribution is 0.125. The van der Waals surface area contributed by atoms with Gasteiger partial charge in [-0.05, 0) is 6.07 Å². The Bertz CT molecular complexity index is 384. The van der Waals surface area contributed by atoms with Gasteiger partial charge in [0.05, 0.1) is 6.61 Å². The van der Waals surface area contributed by atoms with Crippen LogP contribution in [0.4, 0.5) is 0 Å². The normalized spacial score (nSPS) is 10.8. The zero-order chi connectivity index (χ0) is 8.39. The Balaban J connectivity index is 2.57. The van der Waals surface area contributed by atoms with Crippen LogP contribution in [0.25, 0.3) is 11.2 Å². The summed E-state index contributed by atoms with van der Waals surface area (Å²) in [5.74, 6) is 4.94. The average Bonchev–Trinajstić information content (AvgIpc) is 2.53. The van der Waals surface area contributed by atoms with Crippen LogP contribution in [0, 0.1) is 0 Å². The fourth-order valence-electron chi connectivity index (χ4n) is 1.02. The Labute approximate surface area is 67.7 Å². The summed E-state index contributed by atoms with van der Waals surface area (Å²) in [6, 6.07) is 1.79. The first kappa shape index (κ1) is 7.14. The molecule has 0 saturated carbocycles. The number of nitrogens with two attached hydrogens (primary N) is 1. The summed E-state index contributed by atoms with van der Waals surface area (Å²) in [5, 5.41) is 10.1. The van der Waals surface area contributed by atoms with Crippen molar-refractivity contribution in [2.45, 2.75) is 6.61 Å². The number of fused-ring (bicyclic) bond motifs is 1. The molecule has 0 fully saturated rings. The predicted molar refractivity (Wildman–Crippen MR) is 40.7 cm³/mol. The van der Waals surface area contributed by atoms with Crippen molar-refractivity contribution in [1.29, 1.82) is 0 Å². The van der Waals surface area contributed by atoms with E-state index in [4.69, 9.17) is 5.90 Å². The van der Waals surface area contributed by atoms with E-state index in [1.165, 1.54) is 0 Å². The summed E-state index contributed by atoms with van der Waals surface area (Å²) < 4.78 is 0. The van der Waals surface area contributed by atoms with Gasteiger partial charge in [-0.2, -0.15) is 0 Å². The van der Waals surface area contributed by atoms with E-state index < -0.39 is 0 Å². The molecule has 6 heteroatoms. The van der Waals surface area contributed by atoms with Crippen molar-refractivity contribution in [2.75, 3.05) is 0 Å². The van der Waals surface area contributed by atoms with Crippen LogP contribution in [0.15, 0.2) is 12.3 Å². The zero-order valence-corrected chi connectivity index (χ0v) is 6.19. The summed E-state index contributed by atoms with van der Waals surface area (Å²) in [4.78, 5) is 8.50. The van der Waals surface area contributed by atoms with Gasteiger partial charge in [0, 0.05) is 11.8 Å². The Kier molecular flexibility index (Phi) is 1.69. The highest BCUT2D eigenvalue weighted by Gasteiger charge is 2.03. The molecule has 12 heavy (non-hydrogen) atoms. The van der Waals surface area contributed by atoms with Crippen LogP contribution in [0.5, 0.6) is 0 Å². The van der Waals surface area contributed by atoms with Gasteiger partial charge in [0.1, 0.15) is 5.52 Å². The van der Waals surface area contributed by atoms with E-state index >= 15 is 0 Å². The standard InChI is InChI=1S/C6H7N5O/c7-12-3-4-1-2-8-6-5(4)9-11-10-6/h1-2H,3,7H2,(H,8,9,10,11). The molecule has 2 aromatic heterocycles. The molecule has 6 nitrogen and oxygen atoms in total. The minimum Gasteiger partial charge on any atom is -0.300 e. The zero-order valence-electron chi connectivity index (χ0n) is 6.19. The smallest absolute Gasteiger partial charge is 0.176 e. The Morgan fingerprint density at radius 2 is 2.50 bits per heavy atom. The van der Waals surface area contributed by atoms with Crippen LogP contribution in [-0.2, 0) is 11.4 Å². The molecule has 3 N–H and O–H groups in total. The topological polar surface area (TPSA) is 89.7 Å². The highest BCUT2D eigenvalue weighted by atomic mass is 16.6. The van der Waals surface area contributed by atoms with Gasteiger partial charge >= 0.3 is 0 Å². The number of nitrogens with one attached hydrogen (secondary N) is 1. The van der Waals surface area contributed by atoms with Crippen molar-refractivity contribution < 1.29 is 4.84 Å². The summed E-state index contributed by atoms with van der Waals surface area (Å²) in [6.45, 7) is 0.311. The first-order valence-corrected chi connectivity index (χ1v) is 3.38. The molecule has 0 bridgehead atoms. The van der Waals surface area contributed by atoms with Gasteiger partial charge in [-0.1, -0.05) is 5.21 Å². The molecular weight excluding hydrogens is 158 g/mol. The van der Waals surface area contributed by atoms with Crippen LogP contribution < -0.4 is 5.90 Å². The third-order valence-electron chi connectivity index (χ3n) is 1.55. The van der Waals surface area contributed by atoms with E-state index in [9.17, 15) is 0 Å². The van der Waals surface area contributed by atoms with Crippen LogP contribution >= 0.6 is 0 Å². The van der Waals surface area contributed by atoms with Gasteiger partial charge in [-0.3, -0.25) is 4.84 Å². The molecule has 0 spiro atoms. The first-order valence-electron chi connectivity index (χ1n) is 3.38. The second-order valence-electron chi connectivity index (χ2n) is 2.29. The third kappa shape index (κ3) is 1.03. The lowest BCUT2D eigenvalue weighted by atomic mass is 10.2. The van der Waals surface area contributed by atoms with E-state index in [-0.39, 0.29) is 0 Å². The largest absolute Gasteiger partial charge is 0.300 e. The van der Waals surface area contributed by atoms with Crippen molar-refractivity contribution in [1.82, 2.24) is 20.4 Å². The van der Waals surface area contributed by atoms with Gasteiger partial charge in [0.2, 0.25) is 0 Å². The number of pyridine rings is 1. The van der Waals surface area contributed by atoms with Gasteiger partial charge < -0.3 is 0 Å². The van der Waals surface area contributed by atoms with E-state index in [0.29, 0.717) is 17.8 Å². The minimum atomic E-state index is 0.311. The van der Waals surface area contributed by atoms with Crippen molar-refractivity contribution in [3.05, 3.63) is 17.8 Å². The van der Waals surface area contributed by atoms with Gasteiger partial charge in [-0.25, -0.2) is 16.0 Å². The minimum absolute atomic E-state index is 0.311. The molecule has 2 rings (SSSR count). The number of hydrogen-bond acceptors (Lipinski definition) is 5. The monoisotopic (exact) mass is 165 g/mol. The van der Waals surface area contributed by atoms with Gasteiger partial charge in [0.15, 0.2) is 5.65 Å². The molecule has 2 heterocycles. The third-order valence-corrected chi connectivity index (χ3v) is 1.55. The first-order chi connectivity index (χ1) is 5.92.